The second kappa shape index (κ2) is 6.90. The second-order valence-corrected chi connectivity index (χ2v) is 6.87. The number of rotatable bonds is 3. The number of hydrogen-bond acceptors (Lipinski definition) is 3. The van der Waals surface area contributed by atoms with Crippen LogP contribution in [0.25, 0.3) is 0 Å². The summed E-state index contributed by atoms with van der Waals surface area (Å²) in [4.78, 5) is 0. The molecule has 126 valence electrons. The number of halogens is 1. The molecule has 0 fully saturated rings. The van der Waals surface area contributed by atoms with Crippen molar-refractivity contribution in [3.63, 3.8) is 0 Å². The van der Waals surface area contributed by atoms with Gasteiger partial charge in [0.2, 0.25) is 0 Å². The summed E-state index contributed by atoms with van der Waals surface area (Å²) in [6.45, 7) is 0. The first-order valence-electron chi connectivity index (χ1n) is 8.15. The molecule has 1 aliphatic heterocycles. The first-order valence-corrected chi connectivity index (χ1v) is 8.94. The summed E-state index contributed by atoms with van der Waals surface area (Å²) in [6.07, 6.45) is -0.341. The molecule has 0 aromatic heterocycles. The van der Waals surface area contributed by atoms with Gasteiger partial charge in [-0.05, 0) is 35.9 Å². The van der Waals surface area contributed by atoms with Crippen LogP contribution in [-0.2, 0) is 4.74 Å². The molecule has 3 aromatic rings. The molecular weight excluding hydrogens is 378 g/mol. The second-order valence-electron chi connectivity index (χ2n) is 5.96. The lowest BCUT2D eigenvalue weighted by atomic mass is 9.97. The lowest BCUT2D eigenvalue weighted by Crippen LogP contribution is -2.25. The molecule has 0 amide bonds. The van der Waals surface area contributed by atoms with Crippen LogP contribution in [0.1, 0.15) is 29.0 Å². The zero-order valence-electron chi connectivity index (χ0n) is 13.8. The molecule has 2 atom stereocenters. The Kier molecular flexibility index (Phi) is 4.47. The van der Waals surface area contributed by atoms with E-state index in [1.165, 1.54) is 0 Å². The van der Waals surface area contributed by atoms with E-state index in [1.807, 2.05) is 48.5 Å². The summed E-state index contributed by atoms with van der Waals surface area (Å²) in [5, 5.41) is 3.49. The number of hydrogen-bond donors (Lipinski definition) is 1. The maximum absolute atomic E-state index is 6.44. The number of anilines is 1. The fourth-order valence-electron chi connectivity index (χ4n) is 3.09. The Morgan fingerprint density at radius 3 is 2.40 bits per heavy atom. The molecule has 3 nitrogen and oxygen atoms in total. The highest BCUT2D eigenvalue weighted by Crippen LogP contribution is 2.42. The third kappa shape index (κ3) is 3.28. The Bertz CT molecular complexity index is 865. The number of methoxy groups -OCH3 is 1. The van der Waals surface area contributed by atoms with E-state index >= 15 is 0 Å². The van der Waals surface area contributed by atoms with Gasteiger partial charge in [0.1, 0.15) is 11.9 Å². The van der Waals surface area contributed by atoms with Crippen molar-refractivity contribution in [2.24, 2.45) is 0 Å². The standard InChI is InChI=1S/C21H18BrNO2/c1-24-17-10-7-15(8-11-17)21-23-19-12-9-16(22)13-18(19)20(25-21)14-5-3-2-4-6-14/h2-13,20-21,23H,1H3/t20-,21+/m1/s1. The highest BCUT2D eigenvalue weighted by Gasteiger charge is 2.29. The monoisotopic (exact) mass is 395 g/mol. The summed E-state index contributed by atoms with van der Waals surface area (Å²) in [7, 11) is 1.67. The minimum atomic E-state index is -0.218. The normalized spacial score (nSPS) is 19.0. The largest absolute Gasteiger partial charge is 0.497 e. The SMILES string of the molecule is COc1ccc([C@H]2Nc3ccc(Br)cc3[C@@H](c3ccccc3)O2)cc1. The number of fused-ring (bicyclic) bond motifs is 1. The van der Waals surface area contributed by atoms with E-state index in [0.717, 1.165) is 32.6 Å². The van der Waals surface area contributed by atoms with Crippen molar-refractivity contribution in [2.75, 3.05) is 12.4 Å². The van der Waals surface area contributed by atoms with Crippen LogP contribution in [0.4, 0.5) is 5.69 Å². The van der Waals surface area contributed by atoms with Crippen molar-refractivity contribution in [1.82, 2.24) is 0 Å². The summed E-state index contributed by atoms with van der Waals surface area (Å²) in [6, 6.07) is 24.5. The van der Waals surface area contributed by atoms with E-state index in [0.29, 0.717) is 0 Å². The molecule has 1 aliphatic rings. The fourth-order valence-corrected chi connectivity index (χ4v) is 3.47. The van der Waals surface area contributed by atoms with E-state index < -0.39 is 0 Å². The minimum Gasteiger partial charge on any atom is -0.497 e. The van der Waals surface area contributed by atoms with Gasteiger partial charge in [-0.2, -0.15) is 0 Å². The van der Waals surface area contributed by atoms with Crippen LogP contribution in [0.3, 0.4) is 0 Å². The van der Waals surface area contributed by atoms with Gasteiger partial charge in [-0.15, -0.1) is 0 Å². The van der Waals surface area contributed by atoms with Crippen LogP contribution < -0.4 is 10.1 Å². The van der Waals surface area contributed by atoms with Gasteiger partial charge in [0.15, 0.2) is 6.23 Å². The predicted octanol–water partition coefficient (Wildman–Crippen LogP) is 5.69. The average molecular weight is 396 g/mol. The molecule has 3 aromatic carbocycles. The number of nitrogens with one attached hydrogen (secondary N) is 1. The third-order valence-corrected chi connectivity index (χ3v) is 4.87. The van der Waals surface area contributed by atoms with Gasteiger partial charge in [0.05, 0.1) is 7.11 Å². The highest BCUT2D eigenvalue weighted by atomic mass is 79.9. The Morgan fingerprint density at radius 2 is 1.68 bits per heavy atom. The van der Waals surface area contributed by atoms with Crippen molar-refractivity contribution in [3.8, 4) is 5.75 Å². The van der Waals surface area contributed by atoms with Gasteiger partial charge in [-0.25, -0.2) is 0 Å². The summed E-state index contributed by atoms with van der Waals surface area (Å²) >= 11 is 3.57. The van der Waals surface area contributed by atoms with Crippen LogP contribution in [-0.4, -0.2) is 7.11 Å². The van der Waals surface area contributed by atoms with Gasteiger partial charge in [0.25, 0.3) is 0 Å². The third-order valence-electron chi connectivity index (χ3n) is 4.38. The Morgan fingerprint density at radius 1 is 0.920 bits per heavy atom. The zero-order valence-corrected chi connectivity index (χ0v) is 15.4. The maximum atomic E-state index is 6.44. The van der Waals surface area contributed by atoms with Crippen molar-refractivity contribution < 1.29 is 9.47 Å². The van der Waals surface area contributed by atoms with Crippen molar-refractivity contribution in [3.05, 3.63) is 94.0 Å². The van der Waals surface area contributed by atoms with Crippen molar-refractivity contribution in [2.45, 2.75) is 12.3 Å². The minimum absolute atomic E-state index is 0.123. The van der Waals surface area contributed by atoms with E-state index in [-0.39, 0.29) is 12.3 Å². The first-order chi connectivity index (χ1) is 12.2. The summed E-state index contributed by atoms with van der Waals surface area (Å²) in [5.74, 6) is 0.837. The van der Waals surface area contributed by atoms with Crippen LogP contribution in [0.5, 0.6) is 5.75 Å². The van der Waals surface area contributed by atoms with Crippen molar-refractivity contribution >= 4 is 21.6 Å². The van der Waals surface area contributed by atoms with Gasteiger partial charge in [0, 0.05) is 21.3 Å². The van der Waals surface area contributed by atoms with Gasteiger partial charge in [-0.3, -0.25) is 0 Å². The topological polar surface area (TPSA) is 30.5 Å². The molecule has 1 heterocycles. The Hall–Kier alpha value is -2.30. The van der Waals surface area contributed by atoms with E-state index in [4.69, 9.17) is 9.47 Å². The molecular formula is C21H18BrNO2. The van der Waals surface area contributed by atoms with Gasteiger partial charge >= 0.3 is 0 Å². The number of ether oxygens (including phenoxy) is 2. The first kappa shape index (κ1) is 16.2. The van der Waals surface area contributed by atoms with Gasteiger partial charge < -0.3 is 14.8 Å². The van der Waals surface area contributed by atoms with Crippen LogP contribution in [0.2, 0.25) is 0 Å². The lowest BCUT2D eigenvalue weighted by molar-refractivity contribution is 0.0157. The molecule has 0 spiro atoms. The Labute approximate surface area is 155 Å². The van der Waals surface area contributed by atoms with Crippen LogP contribution in [0, 0.1) is 0 Å². The smallest absolute Gasteiger partial charge is 0.155 e. The molecule has 0 radical (unpaired) electrons. The zero-order chi connectivity index (χ0) is 17.2. The van der Waals surface area contributed by atoms with E-state index in [9.17, 15) is 0 Å². The molecule has 4 rings (SSSR count). The summed E-state index contributed by atoms with van der Waals surface area (Å²) in [5.41, 5.74) is 4.42. The molecule has 1 N–H and O–H groups in total. The van der Waals surface area contributed by atoms with Crippen molar-refractivity contribution in [1.29, 1.82) is 0 Å². The molecule has 0 saturated heterocycles. The van der Waals surface area contributed by atoms with Crippen LogP contribution >= 0.6 is 15.9 Å². The lowest BCUT2D eigenvalue weighted by Gasteiger charge is -2.34. The van der Waals surface area contributed by atoms with Crippen LogP contribution in [0.15, 0.2) is 77.3 Å². The quantitative estimate of drug-likeness (QED) is 0.617. The number of benzene rings is 3. The Balaban J connectivity index is 1.74. The van der Waals surface area contributed by atoms with E-state index in [1.54, 1.807) is 7.11 Å². The predicted molar refractivity (Wildman–Crippen MR) is 103 cm³/mol. The molecule has 0 unspecified atom stereocenters. The average Bonchev–Trinajstić information content (AvgIpc) is 2.68. The fraction of sp³-hybridized carbons (Fsp3) is 0.143. The maximum Gasteiger partial charge on any atom is 0.155 e. The molecule has 0 aliphatic carbocycles. The van der Waals surface area contributed by atoms with Gasteiger partial charge in [-0.1, -0.05) is 58.4 Å². The molecule has 0 bridgehead atoms. The van der Waals surface area contributed by atoms with E-state index in [2.05, 4.69) is 45.5 Å². The molecule has 4 heteroatoms. The summed E-state index contributed by atoms with van der Waals surface area (Å²) < 4.78 is 12.7. The highest BCUT2D eigenvalue weighted by molar-refractivity contribution is 9.10. The molecule has 0 saturated carbocycles. The molecule has 25 heavy (non-hydrogen) atoms.